The van der Waals surface area contributed by atoms with Gasteiger partial charge in [-0.2, -0.15) is 0 Å². The Morgan fingerprint density at radius 2 is 1.33 bits per heavy atom. The van der Waals surface area contributed by atoms with E-state index in [4.69, 9.17) is 14.2 Å². The van der Waals surface area contributed by atoms with Gasteiger partial charge < -0.3 is 19.3 Å². The largest absolute Gasteiger partial charge is 0.507 e. The van der Waals surface area contributed by atoms with Crippen molar-refractivity contribution in [3.8, 4) is 39.6 Å². The van der Waals surface area contributed by atoms with Crippen molar-refractivity contribution in [2.24, 2.45) is 17.8 Å². The van der Waals surface area contributed by atoms with Crippen LogP contribution >= 0.6 is 0 Å². The van der Waals surface area contributed by atoms with Gasteiger partial charge in [-0.3, -0.25) is 0 Å². The predicted molar refractivity (Wildman–Crippen MR) is 156 cm³/mol. The highest BCUT2D eigenvalue weighted by Crippen LogP contribution is 2.37. The van der Waals surface area contributed by atoms with Crippen molar-refractivity contribution in [2.75, 3.05) is 19.8 Å². The van der Waals surface area contributed by atoms with E-state index in [0.29, 0.717) is 48.7 Å². The molecule has 212 valence electrons. The van der Waals surface area contributed by atoms with Gasteiger partial charge in [-0.1, -0.05) is 79.0 Å². The first-order valence-electron chi connectivity index (χ1n) is 14.2. The van der Waals surface area contributed by atoms with E-state index in [1.165, 1.54) is 0 Å². The van der Waals surface area contributed by atoms with Crippen molar-refractivity contribution in [1.82, 2.24) is 4.98 Å². The van der Waals surface area contributed by atoms with Crippen LogP contribution in [0.1, 0.15) is 72.9 Å². The van der Waals surface area contributed by atoms with Crippen LogP contribution in [0.25, 0.3) is 22.4 Å². The monoisotopic (exact) mass is 537 g/mol. The number of alkyl halides is 1. The van der Waals surface area contributed by atoms with Crippen LogP contribution < -0.4 is 9.47 Å². The molecule has 6 heteroatoms. The maximum absolute atomic E-state index is 14.8. The molecule has 0 saturated heterocycles. The summed E-state index contributed by atoms with van der Waals surface area (Å²) in [6, 6.07) is 16.4. The molecule has 39 heavy (non-hydrogen) atoms. The van der Waals surface area contributed by atoms with Crippen LogP contribution in [0.3, 0.4) is 0 Å². The van der Waals surface area contributed by atoms with Crippen molar-refractivity contribution in [3.63, 3.8) is 0 Å². The van der Waals surface area contributed by atoms with E-state index in [1.54, 1.807) is 24.3 Å². The lowest BCUT2D eigenvalue weighted by atomic mass is 10.00. The Balaban J connectivity index is 1.90. The Kier molecular flexibility index (Phi) is 11.6. The molecule has 5 nitrogen and oxygen atoms in total. The van der Waals surface area contributed by atoms with Gasteiger partial charge in [0.25, 0.3) is 0 Å². The summed E-state index contributed by atoms with van der Waals surface area (Å²) in [6.45, 7) is 14.2. The lowest BCUT2D eigenvalue weighted by Crippen LogP contribution is -2.11. The molecule has 1 heterocycles. The molecule has 4 unspecified atom stereocenters. The molecule has 4 atom stereocenters. The Morgan fingerprint density at radius 1 is 0.744 bits per heavy atom. The van der Waals surface area contributed by atoms with Gasteiger partial charge in [0.05, 0.1) is 25.5 Å². The number of aromatic hydroxyl groups is 1. The molecule has 3 rings (SSSR count). The Labute approximate surface area is 233 Å². The number of ether oxygens (including phenoxy) is 3. The minimum Gasteiger partial charge on any atom is -0.507 e. The second-order valence-electron chi connectivity index (χ2n) is 10.7. The molecule has 0 radical (unpaired) electrons. The summed E-state index contributed by atoms with van der Waals surface area (Å²) in [5.74, 6) is 2.62. The quantitative estimate of drug-likeness (QED) is 0.210. The second-order valence-corrected chi connectivity index (χ2v) is 10.7. The first-order valence-corrected chi connectivity index (χ1v) is 14.2. The Hall–Kier alpha value is -3.12. The maximum Gasteiger partial charge on any atom is 0.242 e. The first kappa shape index (κ1) is 30.4. The number of benzene rings is 2. The van der Waals surface area contributed by atoms with Gasteiger partial charge in [0.2, 0.25) is 6.36 Å². The lowest BCUT2D eigenvalue weighted by molar-refractivity contribution is -0.0569. The number of phenols is 1. The van der Waals surface area contributed by atoms with Crippen molar-refractivity contribution >= 4 is 0 Å². The molecule has 1 aromatic heterocycles. The maximum atomic E-state index is 14.8. The van der Waals surface area contributed by atoms with E-state index in [0.717, 1.165) is 36.1 Å². The first-order chi connectivity index (χ1) is 18.7. The number of rotatable bonds is 15. The zero-order valence-electron chi connectivity index (χ0n) is 24.2. The standard InChI is InChI=1S/C33H44FNO4/c1-7-22(4)19-37-31-16-14-26(18-32(31)38-20-23(5)8-2)25-13-15-30(36)27(17-25)28-11-10-12-29(35-28)33(34)39-21-24(6)9-3/h10-18,22-24,33,36H,7-9,19-21H2,1-6H3. The molecule has 2 aromatic carbocycles. The molecular weight excluding hydrogens is 493 g/mol. The fraction of sp³-hybridized carbons (Fsp3) is 0.485. The minimum atomic E-state index is -1.63. The van der Waals surface area contributed by atoms with Crippen LogP contribution in [0.5, 0.6) is 17.2 Å². The molecule has 0 saturated carbocycles. The predicted octanol–water partition coefficient (Wildman–Crippen LogP) is 9.00. The third-order valence-corrected chi connectivity index (χ3v) is 7.22. The molecule has 0 bridgehead atoms. The number of halogens is 1. The zero-order chi connectivity index (χ0) is 28.4. The summed E-state index contributed by atoms with van der Waals surface area (Å²) in [5, 5.41) is 10.7. The molecule has 0 spiro atoms. The van der Waals surface area contributed by atoms with E-state index in [2.05, 4.69) is 32.7 Å². The fourth-order valence-corrected chi connectivity index (χ4v) is 3.72. The van der Waals surface area contributed by atoms with E-state index in [-0.39, 0.29) is 17.4 Å². The second kappa shape index (κ2) is 14.9. The van der Waals surface area contributed by atoms with Crippen LogP contribution in [0, 0.1) is 17.8 Å². The van der Waals surface area contributed by atoms with Crippen molar-refractivity contribution < 1.29 is 23.7 Å². The van der Waals surface area contributed by atoms with Gasteiger partial charge >= 0.3 is 0 Å². The van der Waals surface area contributed by atoms with E-state index in [9.17, 15) is 9.50 Å². The van der Waals surface area contributed by atoms with Gasteiger partial charge in [-0.05, 0) is 65.3 Å². The van der Waals surface area contributed by atoms with Gasteiger partial charge in [0.1, 0.15) is 11.4 Å². The molecule has 3 aromatic rings. The summed E-state index contributed by atoms with van der Waals surface area (Å²) in [5.41, 5.74) is 2.97. The molecule has 0 aliphatic heterocycles. The smallest absolute Gasteiger partial charge is 0.242 e. The van der Waals surface area contributed by atoms with E-state index < -0.39 is 6.36 Å². The van der Waals surface area contributed by atoms with Crippen LogP contribution in [-0.2, 0) is 4.74 Å². The fourth-order valence-electron chi connectivity index (χ4n) is 3.72. The lowest BCUT2D eigenvalue weighted by Gasteiger charge is -2.18. The topological polar surface area (TPSA) is 60.8 Å². The number of aromatic nitrogens is 1. The molecule has 1 N–H and O–H groups in total. The molecule has 0 fully saturated rings. The number of pyridine rings is 1. The summed E-state index contributed by atoms with van der Waals surface area (Å²) in [6.07, 6.45) is 1.35. The number of nitrogens with zero attached hydrogens (tertiary/aromatic N) is 1. The summed E-state index contributed by atoms with van der Waals surface area (Å²) in [4.78, 5) is 4.48. The van der Waals surface area contributed by atoms with Crippen molar-refractivity contribution in [2.45, 2.75) is 67.2 Å². The van der Waals surface area contributed by atoms with E-state index in [1.807, 2.05) is 44.2 Å². The van der Waals surface area contributed by atoms with E-state index >= 15 is 0 Å². The third-order valence-electron chi connectivity index (χ3n) is 7.22. The molecule has 0 amide bonds. The highest BCUT2D eigenvalue weighted by Gasteiger charge is 2.17. The van der Waals surface area contributed by atoms with Gasteiger partial charge in [0.15, 0.2) is 11.5 Å². The number of hydrogen-bond donors (Lipinski definition) is 1. The Morgan fingerprint density at radius 3 is 2.00 bits per heavy atom. The number of hydrogen-bond acceptors (Lipinski definition) is 5. The molecular formula is C33H44FNO4. The van der Waals surface area contributed by atoms with Gasteiger partial charge in [-0.15, -0.1) is 0 Å². The third kappa shape index (κ3) is 8.69. The highest BCUT2D eigenvalue weighted by atomic mass is 19.1. The molecule has 0 aliphatic rings. The molecule has 0 aliphatic carbocycles. The van der Waals surface area contributed by atoms with Crippen LogP contribution in [0.4, 0.5) is 4.39 Å². The zero-order valence-corrected chi connectivity index (χ0v) is 24.2. The number of phenolic OH excluding ortho intramolecular Hbond substituents is 1. The van der Waals surface area contributed by atoms with Crippen LogP contribution in [0.2, 0.25) is 0 Å². The van der Waals surface area contributed by atoms with Crippen molar-refractivity contribution in [3.05, 3.63) is 60.3 Å². The highest BCUT2D eigenvalue weighted by molar-refractivity contribution is 5.76. The summed E-state index contributed by atoms with van der Waals surface area (Å²) in [7, 11) is 0. The average Bonchev–Trinajstić information content (AvgIpc) is 2.97. The average molecular weight is 538 g/mol. The SMILES string of the molecule is CCC(C)COc1ccc(-c2ccc(O)c(-c3cccc(C(F)OCC(C)CC)n3)c2)cc1OCC(C)CC. The minimum absolute atomic E-state index is 0.0704. The summed E-state index contributed by atoms with van der Waals surface area (Å²) >= 11 is 0. The van der Waals surface area contributed by atoms with Gasteiger partial charge in [-0.25, -0.2) is 9.37 Å². The van der Waals surface area contributed by atoms with Gasteiger partial charge in [0, 0.05) is 5.56 Å². The summed E-state index contributed by atoms with van der Waals surface area (Å²) < 4.78 is 32.5. The Bertz CT molecular complexity index is 1180. The van der Waals surface area contributed by atoms with Crippen LogP contribution in [0.15, 0.2) is 54.6 Å². The normalized spacial score (nSPS) is 14.4. The van der Waals surface area contributed by atoms with Crippen molar-refractivity contribution in [1.29, 1.82) is 0 Å². The van der Waals surface area contributed by atoms with Crippen LogP contribution in [-0.4, -0.2) is 29.9 Å².